The summed E-state index contributed by atoms with van der Waals surface area (Å²) in [7, 11) is 0. The second-order valence-electron chi connectivity index (χ2n) is 6.54. The van der Waals surface area contributed by atoms with Gasteiger partial charge in [0.2, 0.25) is 0 Å². The summed E-state index contributed by atoms with van der Waals surface area (Å²) in [6, 6.07) is 16.6. The maximum Gasteiger partial charge on any atom is 0.265 e. The number of halogens is 2. The van der Waals surface area contributed by atoms with Gasteiger partial charge in [-0.25, -0.2) is 0 Å². The number of hydrogen-bond acceptors (Lipinski definition) is 4. The molecule has 0 radical (unpaired) electrons. The van der Waals surface area contributed by atoms with Crippen molar-refractivity contribution in [3.05, 3.63) is 98.4 Å². The summed E-state index contributed by atoms with van der Waals surface area (Å²) in [6.45, 7) is 0.888. The van der Waals surface area contributed by atoms with Crippen molar-refractivity contribution in [2.24, 2.45) is 0 Å². The number of amides is 1. The van der Waals surface area contributed by atoms with Crippen molar-refractivity contribution >= 4 is 46.1 Å². The van der Waals surface area contributed by atoms with Crippen LogP contribution in [0.3, 0.4) is 0 Å². The summed E-state index contributed by atoms with van der Waals surface area (Å²) in [5.74, 6) is 0.497. The lowest BCUT2D eigenvalue weighted by molar-refractivity contribution is 0.103. The van der Waals surface area contributed by atoms with Gasteiger partial charge in [-0.15, -0.1) is 11.3 Å². The number of hydrogen-bond donors (Lipinski definition) is 1. The number of ether oxygens (including phenoxy) is 1. The zero-order chi connectivity index (χ0) is 20.9. The summed E-state index contributed by atoms with van der Waals surface area (Å²) in [4.78, 5) is 13.1. The van der Waals surface area contributed by atoms with Crippen LogP contribution in [0, 0.1) is 0 Å². The highest BCUT2D eigenvalue weighted by Crippen LogP contribution is 2.22. The van der Waals surface area contributed by atoms with Gasteiger partial charge in [-0.2, -0.15) is 5.10 Å². The molecule has 0 atom stereocenters. The second-order valence-corrected chi connectivity index (χ2v) is 8.29. The molecule has 0 fully saturated rings. The molecule has 1 amide bonds. The molecule has 0 bridgehead atoms. The third-order valence-corrected chi connectivity index (χ3v) is 5.84. The zero-order valence-electron chi connectivity index (χ0n) is 15.7. The highest BCUT2D eigenvalue weighted by molar-refractivity contribution is 7.12. The first-order valence-electron chi connectivity index (χ1n) is 9.10. The van der Waals surface area contributed by atoms with Crippen molar-refractivity contribution in [3.63, 3.8) is 0 Å². The molecule has 0 aliphatic rings. The molecule has 0 aliphatic heterocycles. The molecule has 0 spiro atoms. The number of carbonyl (C=O) groups excluding carboxylic acids is 1. The number of aromatic nitrogens is 2. The van der Waals surface area contributed by atoms with Gasteiger partial charge in [-0.1, -0.05) is 47.5 Å². The van der Waals surface area contributed by atoms with Crippen molar-refractivity contribution in [1.82, 2.24) is 9.78 Å². The lowest BCUT2D eigenvalue weighted by Gasteiger charge is -2.04. The van der Waals surface area contributed by atoms with Crippen LogP contribution in [0.5, 0.6) is 5.75 Å². The van der Waals surface area contributed by atoms with Gasteiger partial charge in [0.15, 0.2) is 0 Å². The summed E-state index contributed by atoms with van der Waals surface area (Å²) in [5, 5.41) is 10.4. The SMILES string of the molecule is O=C(Nc1cnn(Cc2ccccc2Cl)c1)c1cc(COc2cccc(Cl)c2)cs1. The van der Waals surface area contributed by atoms with Gasteiger partial charge < -0.3 is 10.1 Å². The maximum absolute atomic E-state index is 12.6. The lowest BCUT2D eigenvalue weighted by Crippen LogP contribution is -2.09. The Kier molecular flexibility index (Phi) is 6.38. The molecular formula is C22H17Cl2N3O2S. The number of benzene rings is 2. The van der Waals surface area contributed by atoms with E-state index in [1.165, 1.54) is 11.3 Å². The molecule has 2 aromatic heterocycles. The van der Waals surface area contributed by atoms with E-state index in [-0.39, 0.29) is 5.91 Å². The minimum absolute atomic E-state index is 0.189. The highest BCUT2D eigenvalue weighted by atomic mass is 35.5. The molecule has 0 aliphatic carbocycles. The normalized spacial score (nSPS) is 10.7. The molecule has 4 aromatic rings. The number of thiophene rings is 1. The average molecular weight is 458 g/mol. The third kappa shape index (κ3) is 5.21. The zero-order valence-corrected chi connectivity index (χ0v) is 18.0. The first-order chi connectivity index (χ1) is 14.6. The maximum atomic E-state index is 12.6. The molecule has 0 saturated heterocycles. The van der Waals surface area contributed by atoms with Gasteiger partial charge in [0.1, 0.15) is 12.4 Å². The van der Waals surface area contributed by atoms with E-state index in [4.69, 9.17) is 27.9 Å². The van der Waals surface area contributed by atoms with Crippen LogP contribution in [0.2, 0.25) is 10.0 Å². The minimum atomic E-state index is -0.189. The molecule has 4 rings (SSSR count). The van der Waals surface area contributed by atoms with Crippen LogP contribution in [0.25, 0.3) is 0 Å². The number of nitrogens with zero attached hydrogens (tertiary/aromatic N) is 2. The Morgan fingerprint density at radius 3 is 2.83 bits per heavy atom. The van der Waals surface area contributed by atoms with Gasteiger partial charge in [-0.3, -0.25) is 9.48 Å². The van der Waals surface area contributed by atoms with E-state index in [1.807, 2.05) is 47.8 Å². The van der Waals surface area contributed by atoms with Gasteiger partial charge >= 0.3 is 0 Å². The van der Waals surface area contributed by atoms with Crippen LogP contribution in [0.4, 0.5) is 5.69 Å². The van der Waals surface area contributed by atoms with Gasteiger partial charge in [-0.05, 0) is 41.3 Å². The molecule has 0 unspecified atom stereocenters. The van der Waals surface area contributed by atoms with Gasteiger partial charge in [0, 0.05) is 21.8 Å². The van der Waals surface area contributed by atoms with Crippen LogP contribution in [0.15, 0.2) is 72.4 Å². The quantitative estimate of drug-likeness (QED) is 0.363. The Labute approximate surface area is 187 Å². The minimum Gasteiger partial charge on any atom is -0.489 e. The fourth-order valence-electron chi connectivity index (χ4n) is 2.80. The largest absolute Gasteiger partial charge is 0.489 e. The monoisotopic (exact) mass is 457 g/mol. The van der Waals surface area contributed by atoms with Crippen LogP contribution in [-0.4, -0.2) is 15.7 Å². The van der Waals surface area contributed by atoms with Crippen LogP contribution in [-0.2, 0) is 13.2 Å². The molecule has 30 heavy (non-hydrogen) atoms. The van der Waals surface area contributed by atoms with Crippen molar-refractivity contribution in [1.29, 1.82) is 0 Å². The predicted octanol–water partition coefficient (Wildman–Crippen LogP) is 6.13. The molecule has 5 nitrogen and oxygen atoms in total. The molecule has 1 N–H and O–H groups in total. The molecular weight excluding hydrogens is 441 g/mol. The van der Waals surface area contributed by atoms with E-state index in [0.717, 1.165) is 11.1 Å². The number of rotatable bonds is 7. The third-order valence-electron chi connectivity index (χ3n) is 4.26. The van der Waals surface area contributed by atoms with Crippen LogP contribution < -0.4 is 10.1 Å². The lowest BCUT2D eigenvalue weighted by atomic mass is 10.2. The standard InChI is InChI=1S/C22H17Cl2N3O2S/c23-17-5-3-6-19(9-17)29-13-15-8-21(30-14-15)22(28)26-18-10-25-27(12-18)11-16-4-1-2-7-20(16)24/h1-10,12,14H,11,13H2,(H,26,28). The van der Waals surface area contributed by atoms with Crippen molar-refractivity contribution in [3.8, 4) is 5.75 Å². The van der Waals surface area contributed by atoms with Crippen molar-refractivity contribution in [2.45, 2.75) is 13.2 Å². The molecule has 152 valence electrons. The average Bonchev–Trinajstić information content (AvgIpc) is 3.38. The Morgan fingerprint density at radius 1 is 1.13 bits per heavy atom. The number of carbonyl (C=O) groups is 1. The van der Waals surface area contributed by atoms with E-state index in [9.17, 15) is 4.79 Å². The molecule has 2 aromatic carbocycles. The first kappa shape index (κ1) is 20.5. The highest BCUT2D eigenvalue weighted by Gasteiger charge is 2.12. The van der Waals surface area contributed by atoms with Crippen molar-refractivity contribution < 1.29 is 9.53 Å². The van der Waals surface area contributed by atoms with E-state index in [2.05, 4.69) is 10.4 Å². The summed E-state index contributed by atoms with van der Waals surface area (Å²) < 4.78 is 7.45. The summed E-state index contributed by atoms with van der Waals surface area (Å²) >= 11 is 13.5. The van der Waals surface area contributed by atoms with E-state index in [0.29, 0.717) is 39.5 Å². The Morgan fingerprint density at radius 2 is 2.00 bits per heavy atom. The molecule has 2 heterocycles. The number of anilines is 1. The Bertz CT molecular complexity index is 1170. The van der Waals surface area contributed by atoms with Crippen molar-refractivity contribution in [2.75, 3.05) is 5.32 Å². The van der Waals surface area contributed by atoms with Gasteiger partial charge in [0.25, 0.3) is 5.91 Å². The molecule has 0 saturated carbocycles. The topological polar surface area (TPSA) is 56.2 Å². The Balaban J connectivity index is 1.34. The summed E-state index contributed by atoms with van der Waals surface area (Å²) in [5.41, 5.74) is 2.50. The predicted molar refractivity (Wildman–Crippen MR) is 121 cm³/mol. The van der Waals surface area contributed by atoms with E-state index >= 15 is 0 Å². The van der Waals surface area contributed by atoms with E-state index < -0.39 is 0 Å². The molecule has 8 heteroatoms. The fraction of sp³-hybridized carbons (Fsp3) is 0.0909. The summed E-state index contributed by atoms with van der Waals surface area (Å²) in [6.07, 6.45) is 3.39. The van der Waals surface area contributed by atoms with Gasteiger partial charge in [0.05, 0.1) is 23.3 Å². The van der Waals surface area contributed by atoms with Crippen LogP contribution >= 0.6 is 34.5 Å². The first-order valence-corrected chi connectivity index (χ1v) is 10.7. The number of nitrogens with one attached hydrogen (secondary N) is 1. The van der Waals surface area contributed by atoms with Crippen LogP contribution in [0.1, 0.15) is 20.8 Å². The van der Waals surface area contributed by atoms with E-state index in [1.54, 1.807) is 29.2 Å². The fourth-order valence-corrected chi connectivity index (χ4v) is 3.97. The smallest absolute Gasteiger partial charge is 0.265 e. The Hall–Kier alpha value is -2.80. The second kappa shape index (κ2) is 9.34.